The molecule has 0 N–H and O–H groups in total. The summed E-state index contributed by atoms with van der Waals surface area (Å²) in [6.45, 7) is 2.42. The predicted molar refractivity (Wildman–Crippen MR) is 116 cm³/mol. The van der Waals surface area contributed by atoms with Gasteiger partial charge < -0.3 is 18.9 Å². The first kappa shape index (κ1) is 22.1. The molecule has 0 saturated carbocycles. The molecule has 0 aliphatic heterocycles. The number of carbonyl (C=O) groups is 1. The van der Waals surface area contributed by atoms with Gasteiger partial charge >= 0.3 is 5.97 Å². The van der Waals surface area contributed by atoms with E-state index in [2.05, 4.69) is 9.97 Å². The van der Waals surface area contributed by atoms with Crippen molar-refractivity contribution in [2.75, 3.05) is 27.9 Å². The quantitative estimate of drug-likeness (QED) is 0.483. The van der Waals surface area contributed by atoms with Crippen molar-refractivity contribution < 1.29 is 23.7 Å². The number of rotatable bonds is 9. The SMILES string of the molecule is CCOc1ccc(C(c2ccc(OC)c(OC)c2)C(C(=O)OC)c2ccncc2)cn1. The van der Waals surface area contributed by atoms with Gasteiger partial charge in [-0.05, 0) is 47.9 Å². The van der Waals surface area contributed by atoms with Crippen LogP contribution in [0, 0.1) is 0 Å². The first-order chi connectivity index (χ1) is 15.1. The van der Waals surface area contributed by atoms with Gasteiger partial charge in [-0.25, -0.2) is 4.98 Å². The van der Waals surface area contributed by atoms with Crippen LogP contribution in [-0.2, 0) is 9.53 Å². The number of ether oxygens (including phenoxy) is 4. The summed E-state index contributed by atoms with van der Waals surface area (Å²) < 4.78 is 21.6. The third-order valence-corrected chi connectivity index (χ3v) is 5.03. The molecule has 1 aromatic carbocycles. The molecule has 0 aliphatic rings. The molecule has 7 nitrogen and oxygen atoms in total. The van der Waals surface area contributed by atoms with Crippen molar-refractivity contribution >= 4 is 5.97 Å². The zero-order chi connectivity index (χ0) is 22.2. The third kappa shape index (κ3) is 4.94. The van der Waals surface area contributed by atoms with Crippen LogP contribution in [-0.4, -0.2) is 43.9 Å². The van der Waals surface area contributed by atoms with Crippen molar-refractivity contribution in [1.82, 2.24) is 9.97 Å². The largest absolute Gasteiger partial charge is 0.493 e. The topological polar surface area (TPSA) is 79.8 Å². The highest BCUT2D eigenvalue weighted by molar-refractivity contribution is 5.80. The lowest BCUT2D eigenvalue weighted by molar-refractivity contribution is -0.142. The Bertz CT molecular complexity index is 993. The average molecular weight is 422 g/mol. The Kier molecular flexibility index (Phi) is 7.43. The van der Waals surface area contributed by atoms with Crippen LogP contribution in [0.5, 0.6) is 17.4 Å². The maximum atomic E-state index is 13.0. The molecule has 2 unspecified atom stereocenters. The number of benzene rings is 1. The van der Waals surface area contributed by atoms with Crippen LogP contribution in [0.25, 0.3) is 0 Å². The molecule has 2 atom stereocenters. The van der Waals surface area contributed by atoms with Gasteiger partial charge in [-0.1, -0.05) is 12.1 Å². The summed E-state index contributed by atoms with van der Waals surface area (Å²) in [5.41, 5.74) is 2.48. The van der Waals surface area contributed by atoms with Crippen LogP contribution >= 0.6 is 0 Å². The molecule has 3 aromatic rings. The van der Waals surface area contributed by atoms with E-state index in [4.69, 9.17) is 18.9 Å². The minimum absolute atomic E-state index is 0.361. The van der Waals surface area contributed by atoms with Gasteiger partial charge in [0.2, 0.25) is 5.88 Å². The molecule has 0 saturated heterocycles. The maximum Gasteiger partial charge on any atom is 0.314 e. The minimum atomic E-state index is -0.620. The van der Waals surface area contributed by atoms with Gasteiger partial charge in [0, 0.05) is 30.6 Å². The van der Waals surface area contributed by atoms with Crippen molar-refractivity contribution in [3.63, 3.8) is 0 Å². The number of esters is 1. The molecule has 0 bridgehead atoms. The lowest BCUT2D eigenvalue weighted by atomic mass is 9.77. The number of pyridine rings is 2. The highest BCUT2D eigenvalue weighted by Gasteiger charge is 2.34. The Morgan fingerprint density at radius 3 is 2.19 bits per heavy atom. The van der Waals surface area contributed by atoms with Gasteiger partial charge in [0.05, 0.1) is 33.9 Å². The van der Waals surface area contributed by atoms with E-state index in [1.54, 1.807) is 38.9 Å². The van der Waals surface area contributed by atoms with E-state index < -0.39 is 11.8 Å². The average Bonchev–Trinajstić information content (AvgIpc) is 2.83. The first-order valence-electron chi connectivity index (χ1n) is 9.91. The Balaban J connectivity index is 2.18. The van der Waals surface area contributed by atoms with E-state index in [-0.39, 0.29) is 5.97 Å². The maximum absolute atomic E-state index is 13.0. The van der Waals surface area contributed by atoms with Crippen molar-refractivity contribution in [3.05, 3.63) is 77.7 Å². The van der Waals surface area contributed by atoms with E-state index >= 15 is 0 Å². The molecule has 0 aliphatic carbocycles. The molecule has 3 rings (SSSR count). The molecule has 0 spiro atoms. The summed E-state index contributed by atoms with van der Waals surface area (Å²) in [6, 6.07) is 13.0. The molecular formula is C24H26N2O5. The Hall–Kier alpha value is -3.61. The second kappa shape index (κ2) is 10.4. The normalized spacial score (nSPS) is 12.5. The summed E-state index contributed by atoms with van der Waals surface area (Å²) in [5, 5.41) is 0. The lowest BCUT2D eigenvalue weighted by Crippen LogP contribution is -2.23. The third-order valence-electron chi connectivity index (χ3n) is 5.03. The molecule has 2 heterocycles. The van der Waals surface area contributed by atoms with Crippen molar-refractivity contribution in [1.29, 1.82) is 0 Å². The van der Waals surface area contributed by atoms with Crippen molar-refractivity contribution in [2.24, 2.45) is 0 Å². The van der Waals surface area contributed by atoms with Gasteiger partial charge in [-0.3, -0.25) is 9.78 Å². The van der Waals surface area contributed by atoms with E-state index in [1.165, 1.54) is 7.11 Å². The van der Waals surface area contributed by atoms with E-state index in [9.17, 15) is 4.79 Å². The van der Waals surface area contributed by atoms with E-state index in [1.807, 2.05) is 43.3 Å². The fourth-order valence-corrected chi connectivity index (χ4v) is 3.59. The lowest BCUT2D eigenvalue weighted by Gasteiger charge is -2.27. The zero-order valence-electron chi connectivity index (χ0n) is 18.1. The molecule has 7 heteroatoms. The summed E-state index contributed by atoms with van der Waals surface area (Å²) in [5.74, 6) is 0.329. The van der Waals surface area contributed by atoms with Gasteiger partial charge in [0.25, 0.3) is 0 Å². The highest BCUT2D eigenvalue weighted by atomic mass is 16.5. The van der Waals surface area contributed by atoms with Gasteiger partial charge in [-0.15, -0.1) is 0 Å². The number of carbonyl (C=O) groups excluding carboxylic acids is 1. The number of hydrogen-bond donors (Lipinski definition) is 0. The minimum Gasteiger partial charge on any atom is -0.493 e. The van der Waals surface area contributed by atoms with Gasteiger partial charge in [-0.2, -0.15) is 0 Å². The van der Waals surface area contributed by atoms with Crippen molar-refractivity contribution in [3.8, 4) is 17.4 Å². The first-order valence-corrected chi connectivity index (χ1v) is 9.91. The predicted octanol–water partition coefficient (Wildman–Crippen LogP) is 3.98. The number of methoxy groups -OCH3 is 3. The van der Waals surface area contributed by atoms with E-state index in [0.29, 0.717) is 24.0 Å². The molecule has 0 amide bonds. The standard InChI is InChI=1S/C24H26N2O5/c1-5-31-21-9-7-18(15-26-21)22(17-6-8-19(28-2)20(14-17)29-3)23(24(27)30-4)16-10-12-25-13-11-16/h6-15,22-23H,5H2,1-4H3. The number of nitrogens with zero attached hydrogens (tertiary/aromatic N) is 2. The fourth-order valence-electron chi connectivity index (χ4n) is 3.59. The summed E-state index contributed by atoms with van der Waals surface area (Å²) in [6.07, 6.45) is 5.05. The zero-order valence-corrected chi connectivity index (χ0v) is 18.1. The summed E-state index contributed by atoms with van der Waals surface area (Å²) >= 11 is 0. The van der Waals surface area contributed by atoms with Crippen LogP contribution in [0.1, 0.15) is 35.4 Å². The van der Waals surface area contributed by atoms with Crippen molar-refractivity contribution in [2.45, 2.75) is 18.8 Å². The van der Waals surface area contributed by atoms with Gasteiger partial charge in [0.15, 0.2) is 11.5 Å². The second-order valence-corrected chi connectivity index (χ2v) is 6.74. The molecule has 31 heavy (non-hydrogen) atoms. The number of aromatic nitrogens is 2. The van der Waals surface area contributed by atoms with Gasteiger partial charge in [0.1, 0.15) is 0 Å². The molecular weight excluding hydrogens is 396 g/mol. The smallest absolute Gasteiger partial charge is 0.314 e. The highest BCUT2D eigenvalue weighted by Crippen LogP contribution is 2.42. The second-order valence-electron chi connectivity index (χ2n) is 6.74. The fraction of sp³-hybridized carbons (Fsp3) is 0.292. The molecule has 162 valence electrons. The van der Waals surface area contributed by atoms with Crippen LogP contribution in [0.3, 0.4) is 0 Å². The van der Waals surface area contributed by atoms with Crippen LogP contribution in [0.15, 0.2) is 61.1 Å². The van der Waals surface area contributed by atoms with Crippen LogP contribution in [0.2, 0.25) is 0 Å². The molecule has 0 fully saturated rings. The van der Waals surface area contributed by atoms with Crippen LogP contribution in [0.4, 0.5) is 0 Å². The monoisotopic (exact) mass is 422 g/mol. The molecule has 0 radical (unpaired) electrons. The Morgan fingerprint density at radius 2 is 1.61 bits per heavy atom. The van der Waals surface area contributed by atoms with E-state index in [0.717, 1.165) is 16.7 Å². The Morgan fingerprint density at radius 1 is 0.903 bits per heavy atom. The summed E-state index contributed by atoms with van der Waals surface area (Å²) in [7, 11) is 4.55. The molecule has 2 aromatic heterocycles. The summed E-state index contributed by atoms with van der Waals surface area (Å²) in [4.78, 5) is 21.5. The van der Waals surface area contributed by atoms with Crippen LogP contribution < -0.4 is 14.2 Å². The Labute approximate surface area is 182 Å². The number of hydrogen-bond acceptors (Lipinski definition) is 7.